The van der Waals surface area contributed by atoms with Gasteiger partial charge in [-0.2, -0.15) is 0 Å². The Kier molecular flexibility index (Phi) is 4.59. The van der Waals surface area contributed by atoms with Crippen molar-refractivity contribution < 1.29 is 9.84 Å². The molecule has 2 N–H and O–H groups in total. The van der Waals surface area contributed by atoms with Gasteiger partial charge in [0.1, 0.15) is 22.4 Å². The van der Waals surface area contributed by atoms with Gasteiger partial charge in [0.05, 0.1) is 24.9 Å². The summed E-state index contributed by atoms with van der Waals surface area (Å²) < 4.78 is 5.18. The molecule has 0 radical (unpaired) electrons. The maximum Gasteiger partial charge on any atom is 0.139 e. The average Bonchev–Trinajstić information content (AvgIpc) is 3.26. The number of aliphatic hydroxyl groups is 1. The number of ether oxygens (including phenoxy) is 1. The van der Waals surface area contributed by atoms with Gasteiger partial charge >= 0.3 is 0 Å². The molecule has 0 aliphatic carbocycles. The molecule has 4 rings (SSSR count). The Balaban J connectivity index is 1.62. The highest BCUT2D eigenvalue weighted by molar-refractivity contribution is 7.11. The molecule has 1 aliphatic heterocycles. The van der Waals surface area contributed by atoms with Crippen LogP contribution in [0.15, 0.2) is 59.7 Å². The van der Waals surface area contributed by atoms with Crippen LogP contribution < -0.4 is 9.64 Å². The lowest BCUT2D eigenvalue weighted by atomic mass is 10.1. The molecule has 0 atom stereocenters. The zero-order valence-electron chi connectivity index (χ0n) is 14.4. The van der Waals surface area contributed by atoms with E-state index in [9.17, 15) is 5.11 Å². The zero-order chi connectivity index (χ0) is 19.0. The monoisotopic (exact) mass is 397 g/mol. The number of amidine groups is 1. The predicted molar refractivity (Wildman–Crippen MR) is 110 cm³/mol. The predicted octanol–water partition coefficient (Wildman–Crippen LogP) is 5.24. The molecule has 27 heavy (non-hydrogen) atoms. The number of halogens is 1. The number of thiazole rings is 1. The van der Waals surface area contributed by atoms with Gasteiger partial charge in [-0.25, -0.2) is 4.98 Å². The van der Waals surface area contributed by atoms with Crippen LogP contribution in [0.5, 0.6) is 5.75 Å². The number of hydrogen-bond donors (Lipinski definition) is 2. The third kappa shape index (κ3) is 3.29. The van der Waals surface area contributed by atoms with E-state index in [1.165, 1.54) is 11.3 Å². The van der Waals surface area contributed by atoms with E-state index in [-0.39, 0.29) is 18.1 Å². The number of benzene rings is 2. The standard InChI is InChI=1S/C20H16ClN3O2S/c1-26-15-7-5-12(6-8-15)16-11-27-20(23-16)18-17(25)10-24(19(18)22)14-4-2-3-13(21)9-14/h2-9,11,22,25H,10H2,1H3. The third-order valence-electron chi connectivity index (χ3n) is 4.33. The lowest BCUT2D eigenvalue weighted by molar-refractivity contribution is 0.411. The van der Waals surface area contributed by atoms with Crippen LogP contribution in [0.4, 0.5) is 5.69 Å². The van der Waals surface area contributed by atoms with Gasteiger partial charge < -0.3 is 14.7 Å². The molecule has 0 amide bonds. The van der Waals surface area contributed by atoms with Crippen molar-refractivity contribution in [2.45, 2.75) is 0 Å². The molecule has 2 aromatic carbocycles. The van der Waals surface area contributed by atoms with Gasteiger partial charge in [0.15, 0.2) is 0 Å². The molecule has 0 unspecified atom stereocenters. The highest BCUT2D eigenvalue weighted by atomic mass is 35.5. The molecule has 7 heteroatoms. The summed E-state index contributed by atoms with van der Waals surface area (Å²) in [6.07, 6.45) is 0. The van der Waals surface area contributed by atoms with Crippen molar-refractivity contribution >= 4 is 40.0 Å². The second-order valence-corrected chi connectivity index (χ2v) is 7.30. The Bertz CT molecular complexity index is 1040. The smallest absolute Gasteiger partial charge is 0.139 e. The largest absolute Gasteiger partial charge is 0.510 e. The van der Waals surface area contributed by atoms with E-state index >= 15 is 0 Å². The summed E-state index contributed by atoms with van der Waals surface area (Å²) in [6.45, 7) is 0.228. The van der Waals surface area contributed by atoms with Gasteiger partial charge in [0.2, 0.25) is 0 Å². The van der Waals surface area contributed by atoms with Gasteiger partial charge in [-0.15, -0.1) is 11.3 Å². The molecule has 3 aromatic rings. The minimum atomic E-state index is 0.135. The molecular formula is C20H16ClN3O2S. The highest BCUT2D eigenvalue weighted by Gasteiger charge is 2.31. The van der Waals surface area contributed by atoms with Crippen molar-refractivity contribution in [1.82, 2.24) is 4.98 Å². The quantitative estimate of drug-likeness (QED) is 0.631. The van der Waals surface area contributed by atoms with E-state index in [1.807, 2.05) is 41.8 Å². The van der Waals surface area contributed by atoms with Crippen molar-refractivity contribution in [1.29, 1.82) is 5.41 Å². The van der Waals surface area contributed by atoms with E-state index in [0.29, 0.717) is 15.6 Å². The lowest BCUT2D eigenvalue weighted by Gasteiger charge is -2.18. The SMILES string of the molecule is COc1ccc(-c2csc(C3=C(O)CN(c4cccc(Cl)c4)C3=N)n2)cc1. The summed E-state index contributed by atoms with van der Waals surface area (Å²) in [6, 6.07) is 14.9. The Morgan fingerprint density at radius 1 is 1.22 bits per heavy atom. The summed E-state index contributed by atoms with van der Waals surface area (Å²) in [5.74, 6) is 1.13. The fourth-order valence-corrected chi connectivity index (χ4v) is 4.03. The van der Waals surface area contributed by atoms with E-state index in [2.05, 4.69) is 4.98 Å². The maximum atomic E-state index is 10.5. The molecule has 1 aliphatic rings. The van der Waals surface area contributed by atoms with Gasteiger partial charge in [0, 0.05) is 21.7 Å². The minimum absolute atomic E-state index is 0.135. The number of methoxy groups -OCH3 is 1. The number of anilines is 1. The molecule has 2 heterocycles. The number of nitrogens with one attached hydrogen (secondary N) is 1. The number of aromatic nitrogens is 1. The van der Waals surface area contributed by atoms with Crippen LogP contribution in [0.1, 0.15) is 5.01 Å². The second kappa shape index (κ2) is 7.06. The fourth-order valence-electron chi connectivity index (χ4n) is 2.95. The van der Waals surface area contributed by atoms with Crippen LogP contribution in [0.2, 0.25) is 5.02 Å². The Hall–Kier alpha value is -2.83. The lowest BCUT2D eigenvalue weighted by Crippen LogP contribution is -2.25. The van der Waals surface area contributed by atoms with Gasteiger partial charge in [0.25, 0.3) is 0 Å². The minimum Gasteiger partial charge on any atom is -0.510 e. The van der Waals surface area contributed by atoms with E-state index in [4.69, 9.17) is 21.7 Å². The van der Waals surface area contributed by atoms with Gasteiger partial charge in [-0.1, -0.05) is 17.7 Å². The van der Waals surface area contributed by atoms with Crippen LogP contribution in [0.3, 0.4) is 0 Å². The van der Waals surface area contributed by atoms with Gasteiger partial charge in [-0.3, -0.25) is 5.41 Å². The van der Waals surface area contributed by atoms with Crippen molar-refractivity contribution in [3.05, 3.63) is 69.7 Å². The van der Waals surface area contributed by atoms with Crippen molar-refractivity contribution in [3.63, 3.8) is 0 Å². The molecule has 0 fully saturated rings. The molecule has 0 spiro atoms. The maximum absolute atomic E-state index is 10.5. The number of hydrogen-bond acceptors (Lipinski definition) is 5. The Labute approximate surface area is 165 Å². The van der Waals surface area contributed by atoms with Crippen LogP contribution in [0.25, 0.3) is 16.8 Å². The van der Waals surface area contributed by atoms with Gasteiger partial charge in [-0.05, 0) is 42.5 Å². The van der Waals surface area contributed by atoms with Crippen molar-refractivity contribution in [2.75, 3.05) is 18.6 Å². The highest BCUT2D eigenvalue weighted by Crippen LogP contribution is 2.35. The molecule has 0 bridgehead atoms. The van der Waals surface area contributed by atoms with E-state index in [1.54, 1.807) is 24.1 Å². The summed E-state index contributed by atoms with van der Waals surface area (Å²) in [4.78, 5) is 6.34. The first-order chi connectivity index (χ1) is 13.1. The first-order valence-electron chi connectivity index (χ1n) is 8.21. The molecule has 0 saturated heterocycles. The second-order valence-electron chi connectivity index (χ2n) is 6.00. The first-order valence-corrected chi connectivity index (χ1v) is 9.47. The molecule has 0 saturated carbocycles. The summed E-state index contributed by atoms with van der Waals surface area (Å²) >= 11 is 7.47. The molecule has 5 nitrogen and oxygen atoms in total. The first kappa shape index (κ1) is 17.6. The number of aliphatic hydroxyl groups excluding tert-OH is 1. The van der Waals surface area contributed by atoms with Crippen molar-refractivity contribution in [3.8, 4) is 17.0 Å². The van der Waals surface area contributed by atoms with Crippen LogP contribution in [0, 0.1) is 5.41 Å². The third-order valence-corrected chi connectivity index (χ3v) is 5.42. The molecule has 1 aromatic heterocycles. The molecule has 136 valence electrons. The van der Waals surface area contributed by atoms with E-state index < -0.39 is 0 Å². The fraction of sp³-hybridized carbons (Fsp3) is 0.100. The zero-order valence-corrected chi connectivity index (χ0v) is 16.0. The normalized spacial score (nSPS) is 14.1. The summed E-state index contributed by atoms with van der Waals surface area (Å²) in [5, 5.41) is 22.1. The molecular weight excluding hydrogens is 382 g/mol. The van der Waals surface area contributed by atoms with E-state index in [0.717, 1.165) is 22.7 Å². The summed E-state index contributed by atoms with van der Waals surface area (Å²) in [7, 11) is 1.63. The Morgan fingerprint density at radius 2 is 2.00 bits per heavy atom. The van der Waals surface area contributed by atoms with Crippen LogP contribution >= 0.6 is 22.9 Å². The summed E-state index contributed by atoms with van der Waals surface area (Å²) in [5.41, 5.74) is 2.97. The van der Waals surface area contributed by atoms with Crippen LogP contribution in [-0.2, 0) is 0 Å². The van der Waals surface area contributed by atoms with Crippen molar-refractivity contribution in [2.24, 2.45) is 0 Å². The Morgan fingerprint density at radius 3 is 2.70 bits per heavy atom. The van der Waals surface area contributed by atoms with Crippen LogP contribution in [-0.4, -0.2) is 29.6 Å². The average molecular weight is 398 g/mol. The number of nitrogens with zero attached hydrogens (tertiary/aromatic N) is 2. The number of rotatable bonds is 4. The topological polar surface area (TPSA) is 69.4 Å².